The van der Waals surface area contributed by atoms with Crippen molar-refractivity contribution in [3.05, 3.63) is 0 Å². The topological polar surface area (TPSA) is 60.8 Å². The summed E-state index contributed by atoms with van der Waals surface area (Å²) in [7, 11) is 0. The van der Waals surface area contributed by atoms with Crippen molar-refractivity contribution in [1.29, 1.82) is 0 Å². The van der Waals surface area contributed by atoms with Gasteiger partial charge in [0, 0.05) is 18.5 Å². The van der Waals surface area contributed by atoms with E-state index in [4.69, 9.17) is 5.11 Å². The largest absolute Gasteiger partial charge is 0.480 e. The summed E-state index contributed by atoms with van der Waals surface area (Å²) in [6.45, 7) is 3.53. The summed E-state index contributed by atoms with van der Waals surface area (Å²) >= 11 is 0. The van der Waals surface area contributed by atoms with Crippen LogP contribution in [0.25, 0.3) is 0 Å². The van der Waals surface area contributed by atoms with E-state index in [0.29, 0.717) is 5.92 Å². The number of aliphatic hydroxyl groups excluding tert-OH is 1. The normalized spacial score (nSPS) is 37.9. The molecule has 4 nitrogen and oxygen atoms in total. The highest BCUT2D eigenvalue weighted by molar-refractivity contribution is 5.72. The summed E-state index contributed by atoms with van der Waals surface area (Å²) in [5.74, 6) is -0.257. The Hall–Kier alpha value is -0.610. The second-order valence-corrected chi connectivity index (χ2v) is 5.05. The van der Waals surface area contributed by atoms with Crippen LogP contribution in [0.15, 0.2) is 0 Å². The summed E-state index contributed by atoms with van der Waals surface area (Å²) in [6, 6.07) is -0.418. The molecule has 4 heteroatoms. The summed E-state index contributed by atoms with van der Waals surface area (Å²) in [5, 5.41) is 18.4. The van der Waals surface area contributed by atoms with Crippen LogP contribution >= 0.6 is 0 Å². The molecule has 0 radical (unpaired) electrons. The van der Waals surface area contributed by atoms with Gasteiger partial charge < -0.3 is 10.2 Å². The molecule has 0 aromatic carbocycles. The average molecular weight is 213 g/mol. The third kappa shape index (κ3) is 1.66. The maximum atomic E-state index is 10.9. The van der Waals surface area contributed by atoms with Crippen LogP contribution in [0.1, 0.15) is 26.2 Å². The summed E-state index contributed by atoms with van der Waals surface area (Å²) in [5.41, 5.74) is 0.00368. The Labute approximate surface area is 89.9 Å². The molecule has 2 aliphatic rings. The van der Waals surface area contributed by atoms with Gasteiger partial charge in [0.05, 0.1) is 6.61 Å². The van der Waals surface area contributed by atoms with E-state index in [-0.39, 0.29) is 12.0 Å². The molecule has 0 bridgehead atoms. The fraction of sp³-hybridized carbons (Fsp3) is 0.909. The lowest BCUT2D eigenvalue weighted by atomic mass is 9.82. The van der Waals surface area contributed by atoms with Gasteiger partial charge in [-0.3, -0.25) is 9.69 Å². The van der Waals surface area contributed by atoms with E-state index in [1.54, 1.807) is 6.92 Å². The van der Waals surface area contributed by atoms with Crippen molar-refractivity contribution in [3.63, 3.8) is 0 Å². The Bertz CT molecular complexity index is 269. The molecule has 0 aromatic heterocycles. The van der Waals surface area contributed by atoms with Gasteiger partial charge in [-0.05, 0) is 25.7 Å². The van der Waals surface area contributed by atoms with Gasteiger partial charge in [-0.2, -0.15) is 0 Å². The van der Waals surface area contributed by atoms with Crippen LogP contribution in [0.4, 0.5) is 0 Å². The molecular formula is C11H19NO3. The Kier molecular flexibility index (Phi) is 2.73. The van der Waals surface area contributed by atoms with Crippen LogP contribution in [0, 0.1) is 11.3 Å². The van der Waals surface area contributed by atoms with Gasteiger partial charge in [-0.1, -0.05) is 6.42 Å². The maximum absolute atomic E-state index is 10.9. The maximum Gasteiger partial charge on any atom is 0.320 e. The fourth-order valence-corrected chi connectivity index (χ4v) is 3.17. The average Bonchev–Trinajstić information content (AvgIpc) is 2.72. The van der Waals surface area contributed by atoms with Crippen molar-refractivity contribution < 1.29 is 15.0 Å². The van der Waals surface area contributed by atoms with E-state index >= 15 is 0 Å². The number of rotatable bonds is 3. The van der Waals surface area contributed by atoms with E-state index in [9.17, 15) is 9.90 Å². The van der Waals surface area contributed by atoms with Crippen LogP contribution in [-0.2, 0) is 4.79 Å². The van der Waals surface area contributed by atoms with E-state index < -0.39 is 12.0 Å². The highest BCUT2D eigenvalue weighted by Crippen LogP contribution is 2.48. The molecule has 1 aliphatic heterocycles. The fourth-order valence-electron chi connectivity index (χ4n) is 3.17. The molecular weight excluding hydrogens is 194 g/mol. The SMILES string of the molecule is C[C@H](C(=O)O)N1C[C@H]2CCC[C@@]2(CO)C1. The Morgan fingerprint density at radius 1 is 1.67 bits per heavy atom. The third-order valence-corrected chi connectivity index (χ3v) is 4.29. The number of carbonyl (C=O) groups is 1. The highest BCUT2D eigenvalue weighted by atomic mass is 16.4. The van der Waals surface area contributed by atoms with E-state index in [1.807, 2.05) is 4.90 Å². The van der Waals surface area contributed by atoms with Gasteiger partial charge in [0.25, 0.3) is 0 Å². The van der Waals surface area contributed by atoms with Gasteiger partial charge in [0.2, 0.25) is 0 Å². The van der Waals surface area contributed by atoms with Gasteiger partial charge >= 0.3 is 5.97 Å². The smallest absolute Gasteiger partial charge is 0.320 e. The number of carboxylic acids is 1. The standard InChI is InChI=1S/C11H19NO3/c1-8(10(14)15)12-5-9-3-2-4-11(9,6-12)7-13/h8-9,13H,2-7H2,1H3,(H,14,15)/t8-,9-,11+/m1/s1. The molecule has 15 heavy (non-hydrogen) atoms. The number of nitrogens with zero attached hydrogens (tertiary/aromatic N) is 1. The first-order valence-corrected chi connectivity index (χ1v) is 5.67. The van der Waals surface area contributed by atoms with Crippen molar-refractivity contribution >= 4 is 5.97 Å². The summed E-state index contributed by atoms with van der Waals surface area (Å²) < 4.78 is 0. The number of hydrogen-bond donors (Lipinski definition) is 2. The van der Waals surface area contributed by atoms with Crippen LogP contribution < -0.4 is 0 Å². The second kappa shape index (κ2) is 3.76. The van der Waals surface area contributed by atoms with Crippen molar-refractivity contribution in [1.82, 2.24) is 4.90 Å². The zero-order valence-electron chi connectivity index (χ0n) is 9.15. The van der Waals surface area contributed by atoms with Crippen LogP contribution in [0.5, 0.6) is 0 Å². The summed E-state index contributed by atoms with van der Waals surface area (Å²) in [6.07, 6.45) is 3.38. The Morgan fingerprint density at radius 3 is 2.93 bits per heavy atom. The first-order valence-electron chi connectivity index (χ1n) is 5.67. The van der Waals surface area contributed by atoms with Crippen LogP contribution in [-0.4, -0.2) is 46.8 Å². The first-order chi connectivity index (χ1) is 7.09. The van der Waals surface area contributed by atoms with Crippen molar-refractivity contribution in [3.8, 4) is 0 Å². The lowest BCUT2D eigenvalue weighted by Gasteiger charge is -2.27. The quantitative estimate of drug-likeness (QED) is 0.719. The van der Waals surface area contributed by atoms with E-state index in [0.717, 1.165) is 25.9 Å². The predicted molar refractivity (Wildman–Crippen MR) is 55.5 cm³/mol. The van der Waals surface area contributed by atoms with Crippen molar-refractivity contribution in [2.45, 2.75) is 32.2 Å². The lowest BCUT2D eigenvalue weighted by Crippen LogP contribution is -2.39. The number of aliphatic hydroxyl groups is 1. The van der Waals surface area contributed by atoms with Crippen LogP contribution in [0.2, 0.25) is 0 Å². The van der Waals surface area contributed by atoms with Gasteiger partial charge in [0.15, 0.2) is 0 Å². The van der Waals surface area contributed by atoms with Crippen LogP contribution in [0.3, 0.4) is 0 Å². The molecule has 1 saturated heterocycles. The van der Waals surface area contributed by atoms with Crippen molar-refractivity contribution in [2.75, 3.05) is 19.7 Å². The second-order valence-electron chi connectivity index (χ2n) is 5.05. The molecule has 0 amide bonds. The lowest BCUT2D eigenvalue weighted by molar-refractivity contribution is -0.142. The zero-order chi connectivity index (χ0) is 11.1. The third-order valence-electron chi connectivity index (χ3n) is 4.29. The molecule has 0 aromatic rings. The number of fused-ring (bicyclic) bond motifs is 1. The number of carboxylic acid groups (broad SMARTS) is 1. The molecule has 0 unspecified atom stereocenters. The number of likely N-dealkylation sites (tertiary alicyclic amines) is 1. The Balaban J connectivity index is 2.08. The van der Waals surface area contributed by atoms with E-state index in [2.05, 4.69) is 0 Å². The van der Waals surface area contributed by atoms with E-state index in [1.165, 1.54) is 6.42 Å². The molecule has 0 spiro atoms. The number of aliphatic carboxylic acids is 1. The minimum atomic E-state index is -0.761. The first kappa shape index (κ1) is 10.9. The molecule has 1 heterocycles. The number of hydrogen-bond acceptors (Lipinski definition) is 3. The molecule has 1 saturated carbocycles. The predicted octanol–water partition coefficient (Wildman–Crippen LogP) is 0.554. The molecule has 2 fully saturated rings. The monoisotopic (exact) mass is 213 g/mol. The van der Waals surface area contributed by atoms with Gasteiger partial charge in [-0.25, -0.2) is 0 Å². The molecule has 2 rings (SSSR count). The Morgan fingerprint density at radius 2 is 2.40 bits per heavy atom. The minimum Gasteiger partial charge on any atom is -0.480 e. The zero-order valence-corrected chi connectivity index (χ0v) is 9.15. The van der Waals surface area contributed by atoms with Gasteiger partial charge in [0.1, 0.15) is 6.04 Å². The molecule has 1 aliphatic carbocycles. The molecule has 86 valence electrons. The highest BCUT2D eigenvalue weighted by Gasteiger charge is 2.50. The molecule has 3 atom stereocenters. The molecule has 2 N–H and O–H groups in total. The van der Waals surface area contributed by atoms with Gasteiger partial charge in [-0.15, -0.1) is 0 Å². The van der Waals surface area contributed by atoms with Crippen molar-refractivity contribution in [2.24, 2.45) is 11.3 Å². The minimum absolute atomic E-state index is 0.00368. The summed E-state index contributed by atoms with van der Waals surface area (Å²) in [4.78, 5) is 12.9.